The Morgan fingerprint density at radius 2 is 2.00 bits per heavy atom. The minimum absolute atomic E-state index is 0.562. The topological polar surface area (TPSA) is 0 Å². The summed E-state index contributed by atoms with van der Waals surface area (Å²) in [5, 5.41) is 0. The Morgan fingerprint density at radius 3 is 2.11 bits per heavy atom. The van der Waals surface area contributed by atoms with Crippen LogP contribution in [0.25, 0.3) is 0 Å². The number of hydrogen-bond donors (Lipinski definition) is 0. The van der Waals surface area contributed by atoms with Crippen LogP contribution in [0.2, 0.25) is 0 Å². The molecule has 1 atom stereocenters. The molecule has 0 aromatic rings. The molecule has 1 aliphatic carbocycles. The van der Waals surface area contributed by atoms with Gasteiger partial charge in [0.2, 0.25) is 0 Å². The van der Waals surface area contributed by atoms with Crippen LogP contribution in [0.15, 0.2) is 9.47 Å². The van der Waals surface area contributed by atoms with Crippen LogP contribution in [0, 0.1) is 11.3 Å². The third kappa shape index (κ3) is 2.08. The van der Waals surface area contributed by atoms with Crippen molar-refractivity contribution in [2.24, 2.45) is 11.3 Å². The quantitative estimate of drug-likeness (QED) is 0.669. The van der Waals surface area contributed by atoms with E-state index in [4.69, 9.17) is 0 Å². The highest BCUT2D eigenvalue weighted by molar-refractivity contribution is 9.28. The van der Waals surface area contributed by atoms with Gasteiger partial charge in [-0.2, -0.15) is 0 Å². The molecule has 0 aliphatic heterocycles. The fraction of sp³-hybridized carbons (Fsp3) is 0.714. The van der Waals surface area contributed by atoms with Crippen LogP contribution in [-0.4, -0.2) is 0 Å². The third-order valence-electron chi connectivity index (χ3n) is 1.92. The van der Waals surface area contributed by atoms with Gasteiger partial charge in [0.1, 0.15) is 0 Å². The summed E-state index contributed by atoms with van der Waals surface area (Å²) >= 11 is 6.69. The van der Waals surface area contributed by atoms with E-state index in [0.717, 1.165) is 9.31 Å². The third-order valence-corrected chi connectivity index (χ3v) is 2.45. The van der Waals surface area contributed by atoms with Crippen molar-refractivity contribution in [1.82, 2.24) is 0 Å². The lowest BCUT2D eigenvalue weighted by Crippen LogP contribution is -1.85. The van der Waals surface area contributed by atoms with E-state index in [0.29, 0.717) is 5.41 Å². The minimum atomic E-state index is 0.562. The molecule has 0 saturated heterocycles. The highest BCUT2D eigenvalue weighted by Gasteiger charge is 2.43. The van der Waals surface area contributed by atoms with Gasteiger partial charge < -0.3 is 0 Å². The molecule has 0 aromatic heterocycles. The molecule has 1 aliphatic rings. The number of hydrogen-bond acceptors (Lipinski definition) is 0. The van der Waals surface area contributed by atoms with Crippen LogP contribution in [0.1, 0.15) is 20.3 Å². The number of halogens is 2. The maximum absolute atomic E-state index is 3.34. The number of rotatable bonds is 1. The molecule has 9 heavy (non-hydrogen) atoms. The maximum atomic E-state index is 3.34. The lowest BCUT2D eigenvalue weighted by Gasteiger charge is -1.95. The van der Waals surface area contributed by atoms with Crippen molar-refractivity contribution in [2.45, 2.75) is 20.3 Å². The summed E-state index contributed by atoms with van der Waals surface area (Å²) < 4.78 is 1.09. The molecule has 0 spiro atoms. The predicted octanol–water partition coefficient (Wildman–Crippen LogP) is 3.66. The average Bonchev–Trinajstić information content (AvgIpc) is 2.10. The van der Waals surface area contributed by atoms with Crippen LogP contribution in [-0.2, 0) is 0 Å². The van der Waals surface area contributed by atoms with E-state index in [-0.39, 0.29) is 0 Å². The second-order valence-electron chi connectivity index (χ2n) is 3.26. The first kappa shape index (κ1) is 7.80. The van der Waals surface area contributed by atoms with Crippen molar-refractivity contribution in [2.75, 3.05) is 0 Å². The molecule has 0 nitrogen and oxygen atoms in total. The summed E-state index contributed by atoms with van der Waals surface area (Å²) in [6.45, 7) is 4.58. The second kappa shape index (κ2) is 2.39. The lowest BCUT2D eigenvalue weighted by molar-refractivity contribution is 0.610. The van der Waals surface area contributed by atoms with Crippen molar-refractivity contribution in [3.05, 3.63) is 9.47 Å². The zero-order valence-corrected chi connectivity index (χ0v) is 8.79. The van der Waals surface area contributed by atoms with Crippen LogP contribution in [0.3, 0.4) is 0 Å². The summed E-state index contributed by atoms with van der Waals surface area (Å²) in [5.74, 6) is 0.784. The molecule has 1 saturated carbocycles. The summed E-state index contributed by atoms with van der Waals surface area (Å²) in [6, 6.07) is 0. The molecule has 0 amide bonds. The first-order valence-corrected chi connectivity index (χ1v) is 4.64. The van der Waals surface area contributed by atoms with E-state index in [1.807, 2.05) is 0 Å². The molecular formula is C7H10Br2. The molecule has 0 aromatic carbocycles. The van der Waals surface area contributed by atoms with E-state index in [9.17, 15) is 0 Å². The van der Waals surface area contributed by atoms with E-state index in [2.05, 4.69) is 51.8 Å². The van der Waals surface area contributed by atoms with Gasteiger partial charge in [0.05, 0.1) is 3.39 Å². The molecule has 2 heteroatoms. The summed E-state index contributed by atoms with van der Waals surface area (Å²) in [6.07, 6.45) is 3.55. The normalized spacial score (nSPS) is 29.6. The van der Waals surface area contributed by atoms with E-state index in [1.54, 1.807) is 0 Å². The van der Waals surface area contributed by atoms with Crippen LogP contribution < -0.4 is 0 Å². The molecule has 1 fully saturated rings. The zero-order chi connectivity index (χ0) is 7.07. The highest BCUT2D eigenvalue weighted by atomic mass is 79.9. The summed E-state index contributed by atoms with van der Waals surface area (Å²) in [7, 11) is 0. The Balaban J connectivity index is 2.45. The van der Waals surface area contributed by atoms with Crippen molar-refractivity contribution in [3.63, 3.8) is 0 Å². The molecule has 1 rings (SSSR count). The van der Waals surface area contributed by atoms with E-state index in [1.165, 1.54) is 6.42 Å². The zero-order valence-electron chi connectivity index (χ0n) is 5.62. The van der Waals surface area contributed by atoms with Crippen LogP contribution >= 0.6 is 31.9 Å². The lowest BCUT2D eigenvalue weighted by atomic mass is 10.1. The van der Waals surface area contributed by atoms with Crippen LogP contribution in [0.5, 0.6) is 0 Å². The smallest absolute Gasteiger partial charge is 0.0567 e. The Hall–Kier alpha value is 0.700. The van der Waals surface area contributed by atoms with Crippen LogP contribution in [0.4, 0.5) is 0 Å². The summed E-state index contributed by atoms with van der Waals surface area (Å²) in [4.78, 5) is 0. The Morgan fingerprint density at radius 1 is 1.56 bits per heavy atom. The van der Waals surface area contributed by atoms with Gasteiger partial charge in [-0.15, -0.1) is 0 Å². The largest absolute Gasteiger partial charge is 0.0595 e. The van der Waals surface area contributed by atoms with Crippen molar-refractivity contribution in [3.8, 4) is 0 Å². The molecule has 0 heterocycles. The molecule has 0 N–H and O–H groups in total. The Kier molecular flexibility index (Phi) is 2.07. The average molecular weight is 254 g/mol. The predicted molar refractivity (Wildman–Crippen MR) is 47.8 cm³/mol. The van der Waals surface area contributed by atoms with Gasteiger partial charge in [0, 0.05) is 0 Å². The highest BCUT2D eigenvalue weighted by Crippen LogP contribution is 2.53. The monoisotopic (exact) mass is 252 g/mol. The standard InChI is InChI=1S/C7H10Br2/c1-7(2)4-5(7)3-6(8)9/h3,5H,4H2,1-2H3/t5-/m0/s1. The van der Waals surface area contributed by atoms with Gasteiger partial charge in [-0.25, -0.2) is 0 Å². The SMILES string of the molecule is CC1(C)C[C@@H]1C=C(Br)Br. The maximum Gasteiger partial charge on any atom is 0.0567 e. The van der Waals surface area contributed by atoms with Crippen molar-refractivity contribution < 1.29 is 0 Å². The summed E-state index contributed by atoms with van der Waals surface area (Å²) in [5.41, 5.74) is 0.562. The van der Waals surface area contributed by atoms with Gasteiger partial charge in [-0.1, -0.05) is 19.9 Å². The molecular weight excluding hydrogens is 244 g/mol. The minimum Gasteiger partial charge on any atom is -0.0595 e. The van der Waals surface area contributed by atoms with E-state index < -0.39 is 0 Å². The van der Waals surface area contributed by atoms with E-state index >= 15 is 0 Å². The van der Waals surface area contributed by atoms with Gasteiger partial charge >= 0.3 is 0 Å². The van der Waals surface area contributed by atoms with Gasteiger partial charge in [0.15, 0.2) is 0 Å². The molecule has 0 bridgehead atoms. The van der Waals surface area contributed by atoms with Gasteiger partial charge in [-0.3, -0.25) is 0 Å². The first-order valence-electron chi connectivity index (χ1n) is 3.05. The second-order valence-corrected chi connectivity index (χ2v) is 6.03. The van der Waals surface area contributed by atoms with Crippen molar-refractivity contribution in [1.29, 1.82) is 0 Å². The molecule has 0 unspecified atom stereocenters. The Bertz CT molecular complexity index is 143. The van der Waals surface area contributed by atoms with Crippen molar-refractivity contribution >= 4 is 31.9 Å². The fourth-order valence-electron chi connectivity index (χ4n) is 0.944. The molecule has 52 valence electrons. The fourth-order valence-corrected chi connectivity index (χ4v) is 1.58. The van der Waals surface area contributed by atoms with Gasteiger partial charge in [-0.05, 0) is 49.6 Å². The molecule has 0 radical (unpaired) electrons. The first-order chi connectivity index (χ1) is 4.02. The Labute approximate surface area is 73.0 Å². The van der Waals surface area contributed by atoms with Gasteiger partial charge in [0.25, 0.3) is 0 Å². The number of allylic oxidation sites excluding steroid dienone is 1.